The lowest BCUT2D eigenvalue weighted by molar-refractivity contribution is -0.385. The largest absolute Gasteiger partial charge is 0.490 e. The minimum Gasteiger partial charge on any atom is -0.490 e. The molecule has 0 unspecified atom stereocenters. The van der Waals surface area contributed by atoms with Gasteiger partial charge in [0.15, 0.2) is 0 Å². The number of nitro groups is 1. The first-order valence-corrected chi connectivity index (χ1v) is 10.2. The molecule has 0 atom stereocenters. The lowest BCUT2D eigenvalue weighted by atomic mass is 9.92. The van der Waals surface area contributed by atoms with E-state index >= 15 is 0 Å². The van der Waals surface area contributed by atoms with Crippen molar-refractivity contribution in [2.45, 2.75) is 34.1 Å². The zero-order valence-corrected chi connectivity index (χ0v) is 18.2. The maximum Gasteiger partial charge on any atom is 0.282 e. The van der Waals surface area contributed by atoms with Gasteiger partial charge >= 0.3 is 0 Å². The molecular formula is C23H27N3O5. The van der Waals surface area contributed by atoms with Crippen molar-refractivity contribution in [3.8, 4) is 5.75 Å². The van der Waals surface area contributed by atoms with Crippen LogP contribution in [0.2, 0.25) is 0 Å². The van der Waals surface area contributed by atoms with Gasteiger partial charge in [0.25, 0.3) is 11.6 Å². The zero-order chi connectivity index (χ0) is 22.8. The summed E-state index contributed by atoms with van der Waals surface area (Å²) < 4.78 is 5.94. The maximum absolute atomic E-state index is 13.1. The van der Waals surface area contributed by atoms with Crippen LogP contribution in [0, 0.1) is 21.4 Å². The van der Waals surface area contributed by atoms with Gasteiger partial charge in [-0.1, -0.05) is 26.0 Å². The number of rotatable bonds is 6. The maximum atomic E-state index is 13.1. The van der Waals surface area contributed by atoms with Gasteiger partial charge in [0, 0.05) is 24.4 Å². The Morgan fingerprint density at radius 3 is 2.65 bits per heavy atom. The highest BCUT2D eigenvalue weighted by atomic mass is 16.6. The number of carbonyl (C=O) groups is 2. The van der Waals surface area contributed by atoms with E-state index in [4.69, 9.17) is 4.74 Å². The van der Waals surface area contributed by atoms with Crippen molar-refractivity contribution in [1.82, 2.24) is 0 Å². The Morgan fingerprint density at radius 2 is 1.97 bits per heavy atom. The van der Waals surface area contributed by atoms with Crippen LogP contribution in [0.4, 0.5) is 17.1 Å². The molecule has 2 amide bonds. The summed E-state index contributed by atoms with van der Waals surface area (Å²) in [5, 5.41) is 13.9. The van der Waals surface area contributed by atoms with Crippen LogP contribution in [0.25, 0.3) is 0 Å². The van der Waals surface area contributed by atoms with Gasteiger partial charge in [-0.2, -0.15) is 0 Å². The monoisotopic (exact) mass is 425 g/mol. The fraction of sp³-hybridized carbons (Fsp3) is 0.391. The number of fused-ring (bicyclic) bond motifs is 1. The molecule has 1 aliphatic rings. The topological polar surface area (TPSA) is 102 Å². The third-order valence-electron chi connectivity index (χ3n) is 5.20. The number of nitro benzene ring substituents is 1. The summed E-state index contributed by atoms with van der Waals surface area (Å²) in [6.07, 6.45) is 0.845. The molecule has 0 fully saturated rings. The number of anilines is 2. The lowest BCUT2D eigenvalue weighted by Crippen LogP contribution is -2.42. The van der Waals surface area contributed by atoms with Crippen LogP contribution < -0.4 is 15.0 Å². The van der Waals surface area contributed by atoms with Crippen LogP contribution in [0.5, 0.6) is 5.75 Å². The number of para-hydroxylation sites is 1. The molecule has 0 saturated carbocycles. The Bertz CT molecular complexity index is 1020. The summed E-state index contributed by atoms with van der Waals surface area (Å²) in [5.41, 5.74) is 0.0959. The van der Waals surface area contributed by atoms with E-state index in [0.29, 0.717) is 29.6 Å². The molecule has 0 aromatic heterocycles. The molecule has 2 aromatic carbocycles. The van der Waals surface area contributed by atoms with Crippen molar-refractivity contribution in [2.75, 3.05) is 23.4 Å². The molecule has 1 N–H and O–H groups in total. The lowest BCUT2D eigenvalue weighted by Gasteiger charge is -2.28. The highest BCUT2D eigenvalue weighted by Gasteiger charge is 2.37. The van der Waals surface area contributed by atoms with Gasteiger partial charge in [0.2, 0.25) is 5.91 Å². The third-order valence-corrected chi connectivity index (χ3v) is 5.20. The first kappa shape index (κ1) is 22.3. The van der Waals surface area contributed by atoms with Crippen LogP contribution in [0.3, 0.4) is 0 Å². The number of benzene rings is 2. The van der Waals surface area contributed by atoms with Gasteiger partial charge in [0.1, 0.15) is 17.9 Å². The van der Waals surface area contributed by atoms with Crippen molar-refractivity contribution in [3.05, 3.63) is 58.1 Å². The van der Waals surface area contributed by atoms with E-state index < -0.39 is 16.2 Å². The smallest absolute Gasteiger partial charge is 0.282 e. The number of nitrogens with zero attached hydrogens (tertiary/aromatic N) is 2. The van der Waals surface area contributed by atoms with E-state index in [2.05, 4.69) is 19.2 Å². The van der Waals surface area contributed by atoms with Crippen LogP contribution in [-0.2, 0) is 4.79 Å². The van der Waals surface area contributed by atoms with E-state index in [-0.39, 0.29) is 23.8 Å². The first-order chi connectivity index (χ1) is 14.6. The number of hydrogen-bond acceptors (Lipinski definition) is 5. The van der Waals surface area contributed by atoms with Crippen molar-refractivity contribution >= 4 is 28.9 Å². The molecule has 3 rings (SSSR count). The Balaban J connectivity index is 1.91. The molecule has 1 aliphatic heterocycles. The second-order valence-electron chi connectivity index (χ2n) is 8.72. The highest BCUT2D eigenvalue weighted by molar-refractivity contribution is 6.07. The van der Waals surface area contributed by atoms with Crippen LogP contribution >= 0.6 is 0 Å². The average molecular weight is 425 g/mol. The molecule has 2 aromatic rings. The summed E-state index contributed by atoms with van der Waals surface area (Å²) in [4.78, 5) is 38.1. The molecule has 0 spiro atoms. The van der Waals surface area contributed by atoms with Gasteiger partial charge in [-0.05, 0) is 44.4 Å². The van der Waals surface area contributed by atoms with E-state index in [1.807, 2.05) is 13.8 Å². The predicted molar refractivity (Wildman–Crippen MR) is 119 cm³/mol. The molecule has 0 bridgehead atoms. The van der Waals surface area contributed by atoms with E-state index in [1.54, 1.807) is 29.2 Å². The minimum atomic E-state index is -0.690. The van der Waals surface area contributed by atoms with Crippen LogP contribution in [-0.4, -0.2) is 29.9 Å². The molecule has 1 heterocycles. The average Bonchev–Trinajstić information content (AvgIpc) is 2.81. The Kier molecular flexibility index (Phi) is 6.29. The molecule has 31 heavy (non-hydrogen) atoms. The molecular weight excluding hydrogens is 398 g/mol. The number of ether oxygens (including phenoxy) is 1. The van der Waals surface area contributed by atoms with Crippen molar-refractivity contribution < 1.29 is 19.2 Å². The molecule has 0 saturated heterocycles. The Hall–Kier alpha value is -3.42. The van der Waals surface area contributed by atoms with Gasteiger partial charge < -0.3 is 15.0 Å². The summed E-state index contributed by atoms with van der Waals surface area (Å²) in [5.74, 6) is 0.323. The standard InChI is InChI=1S/C23H27N3O5/c1-15(2)11-12-25-19-10-9-16(13-20(19)31-14-23(3,4)22(25)28)24-21(27)17-7-5-6-8-18(17)26(29)30/h5-10,13,15H,11-12,14H2,1-4H3,(H,24,27). The van der Waals surface area contributed by atoms with Crippen molar-refractivity contribution in [3.63, 3.8) is 0 Å². The number of nitrogens with one attached hydrogen (secondary N) is 1. The zero-order valence-electron chi connectivity index (χ0n) is 18.2. The van der Waals surface area contributed by atoms with Gasteiger partial charge in [-0.15, -0.1) is 0 Å². The summed E-state index contributed by atoms with van der Waals surface area (Å²) in [6.45, 7) is 8.68. The van der Waals surface area contributed by atoms with Crippen molar-refractivity contribution in [2.24, 2.45) is 11.3 Å². The number of hydrogen-bond donors (Lipinski definition) is 1. The van der Waals surface area contributed by atoms with Gasteiger partial charge in [0.05, 0.1) is 16.0 Å². The van der Waals surface area contributed by atoms with Crippen molar-refractivity contribution in [1.29, 1.82) is 0 Å². The summed E-state index contributed by atoms with van der Waals surface area (Å²) in [6, 6.07) is 10.8. The van der Waals surface area contributed by atoms with E-state index in [0.717, 1.165) is 6.42 Å². The van der Waals surface area contributed by atoms with Crippen LogP contribution in [0.1, 0.15) is 44.5 Å². The highest BCUT2D eigenvalue weighted by Crippen LogP contribution is 2.38. The summed E-state index contributed by atoms with van der Waals surface area (Å²) >= 11 is 0. The Labute approximate surface area is 181 Å². The quantitative estimate of drug-likeness (QED) is 0.536. The third kappa shape index (κ3) is 4.84. The van der Waals surface area contributed by atoms with Gasteiger partial charge in [-0.25, -0.2) is 0 Å². The molecule has 164 valence electrons. The Morgan fingerprint density at radius 1 is 1.26 bits per heavy atom. The SMILES string of the molecule is CC(C)CCN1C(=O)C(C)(C)COc2cc(NC(=O)c3ccccc3[N+](=O)[O-])ccc21. The molecule has 8 nitrogen and oxygen atoms in total. The number of amides is 2. The van der Waals surface area contributed by atoms with Crippen LogP contribution in [0.15, 0.2) is 42.5 Å². The first-order valence-electron chi connectivity index (χ1n) is 10.2. The molecule has 0 radical (unpaired) electrons. The molecule has 8 heteroatoms. The predicted octanol–water partition coefficient (Wildman–Crippen LogP) is 4.64. The minimum absolute atomic E-state index is 0.0106. The summed E-state index contributed by atoms with van der Waals surface area (Å²) in [7, 11) is 0. The second kappa shape index (κ2) is 8.75. The fourth-order valence-corrected chi connectivity index (χ4v) is 3.36. The molecule has 0 aliphatic carbocycles. The normalized spacial score (nSPS) is 15.1. The fourth-order valence-electron chi connectivity index (χ4n) is 3.36. The number of carbonyl (C=O) groups excluding carboxylic acids is 2. The second-order valence-corrected chi connectivity index (χ2v) is 8.72. The van der Waals surface area contributed by atoms with E-state index in [1.165, 1.54) is 18.2 Å². The van der Waals surface area contributed by atoms with Gasteiger partial charge in [-0.3, -0.25) is 19.7 Å². The van der Waals surface area contributed by atoms with E-state index in [9.17, 15) is 19.7 Å².